The van der Waals surface area contributed by atoms with E-state index in [4.69, 9.17) is 11.2 Å². The highest BCUT2D eigenvalue weighted by Crippen LogP contribution is 2.24. The maximum absolute atomic E-state index is 5.51. The Labute approximate surface area is 98.8 Å². The summed E-state index contributed by atoms with van der Waals surface area (Å²) >= 11 is 0. The summed E-state index contributed by atoms with van der Waals surface area (Å²) in [5, 5.41) is 0. The SMILES string of the molecule is C#CC(C)Cc1c(C)cc(OCC)cc1C. The summed E-state index contributed by atoms with van der Waals surface area (Å²) in [5.74, 6) is 4.02. The molecule has 0 spiro atoms. The molecule has 1 nitrogen and oxygen atoms in total. The molecule has 0 aromatic heterocycles. The highest BCUT2D eigenvalue weighted by molar-refractivity contribution is 5.41. The number of ether oxygens (including phenoxy) is 1. The van der Waals surface area contributed by atoms with Crippen LogP contribution in [0.3, 0.4) is 0 Å². The summed E-state index contributed by atoms with van der Waals surface area (Å²) in [7, 11) is 0. The lowest BCUT2D eigenvalue weighted by molar-refractivity contribution is 0.339. The minimum atomic E-state index is 0.287. The van der Waals surface area contributed by atoms with Gasteiger partial charge in [-0.2, -0.15) is 0 Å². The smallest absolute Gasteiger partial charge is 0.119 e. The van der Waals surface area contributed by atoms with Gasteiger partial charge in [-0.15, -0.1) is 12.3 Å². The van der Waals surface area contributed by atoms with E-state index < -0.39 is 0 Å². The highest BCUT2D eigenvalue weighted by atomic mass is 16.5. The van der Waals surface area contributed by atoms with E-state index in [0.29, 0.717) is 6.61 Å². The Bertz CT molecular complexity index is 375. The lowest BCUT2D eigenvalue weighted by atomic mass is 9.94. The van der Waals surface area contributed by atoms with Crippen molar-refractivity contribution in [2.45, 2.75) is 34.1 Å². The van der Waals surface area contributed by atoms with Gasteiger partial charge in [-0.1, -0.05) is 6.92 Å². The van der Waals surface area contributed by atoms with Crippen LogP contribution in [-0.2, 0) is 6.42 Å². The van der Waals surface area contributed by atoms with Crippen molar-refractivity contribution in [1.29, 1.82) is 0 Å². The molecular formula is C15H20O. The average molecular weight is 216 g/mol. The third kappa shape index (κ3) is 3.03. The van der Waals surface area contributed by atoms with Gasteiger partial charge in [0.05, 0.1) is 6.61 Å². The van der Waals surface area contributed by atoms with Gasteiger partial charge in [-0.25, -0.2) is 0 Å². The molecule has 0 bridgehead atoms. The number of hydrogen-bond acceptors (Lipinski definition) is 1. The monoisotopic (exact) mass is 216 g/mol. The molecule has 1 aromatic rings. The first-order valence-electron chi connectivity index (χ1n) is 5.77. The Hall–Kier alpha value is -1.42. The van der Waals surface area contributed by atoms with Crippen LogP contribution in [0.5, 0.6) is 5.75 Å². The molecule has 0 aliphatic heterocycles. The molecule has 0 aliphatic carbocycles. The number of terminal acetylenes is 1. The molecule has 0 amide bonds. The van der Waals surface area contributed by atoms with E-state index in [9.17, 15) is 0 Å². The largest absolute Gasteiger partial charge is 0.494 e. The van der Waals surface area contributed by atoms with E-state index in [2.05, 4.69) is 38.8 Å². The third-order valence-electron chi connectivity index (χ3n) is 2.78. The maximum atomic E-state index is 5.51. The van der Waals surface area contributed by atoms with Crippen molar-refractivity contribution < 1.29 is 4.74 Å². The molecular weight excluding hydrogens is 196 g/mol. The summed E-state index contributed by atoms with van der Waals surface area (Å²) in [6.07, 6.45) is 6.37. The van der Waals surface area contributed by atoms with Crippen LogP contribution < -0.4 is 4.74 Å². The van der Waals surface area contributed by atoms with Gasteiger partial charge in [0.15, 0.2) is 0 Å². The summed E-state index contributed by atoms with van der Waals surface area (Å²) in [5.41, 5.74) is 3.89. The van der Waals surface area contributed by atoms with E-state index in [1.54, 1.807) is 0 Å². The average Bonchev–Trinajstić information content (AvgIpc) is 2.23. The molecule has 1 heteroatoms. The standard InChI is InChI=1S/C15H20O/c1-6-11(3)8-15-12(4)9-14(16-7-2)10-13(15)5/h1,9-11H,7-8H2,2-5H3. The van der Waals surface area contributed by atoms with Gasteiger partial charge in [0.2, 0.25) is 0 Å². The summed E-state index contributed by atoms with van der Waals surface area (Å²) in [4.78, 5) is 0. The van der Waals surface area contributed by atoms with Crippen molar-refractivity contribution in [3.63, 3.8) is 0 Å². The molecule has 1 aromatic carbocycles. The Kier molecular flexibility index (Phi) is 4.43. The molecule has 0 radical (unpaired) electrons. The molecule has 1 atom stereocenters. The zero-order chi connectivity index (χ0) is 12.1. The fourth-order valence-corrected chi connectivity index (χ4v) is 1.89. The van der Waals surface area contributed by atoms with Crippen molar-refractivity contribution >= 4 is 0 Å². The van der Waals surface area contributed by atoms with Crippen LogP contribution in [0.25, 0.3) is 0 Å². The molecule has 1 rings (SSSR count). The first-order chi connectivity index (χ1) is 7.58. The molecule has 0 saturated heterocycles. The molecule has 1 unspecified atom stereocenters. The van der Waals surface area contributed by atoms with Crippen molar-refractivity contribution in [2.24, 2.45) is 5.92 Å². The zero-order valence-electron chi connectivity index (χ0n) is 10.6. The lowest BCUT2D eigenvalue weighted by Crippen LogP contribution is -2.02. The van der Waals surface area contributed by atoms with Crippen LogP contribution in [0.1, 0.15) is 30.5 Å². The van der Waals surface area contributed by atoms with Crippen LogP contribution in [0.4, 0.5) is 0 Å². The number of rotatable bonds is 4. The van der Waals surface area contributed by atoms with Crippen molar-refractivity contribution in [1.82, 2.24) is 0 Å². The second-order valence-electron chi connectivity index (χ2n) is 4.24. The molecule has 0 N–H and O–H groups in total. The van der Waals surface area contributed by atoms with E-state index in [-0.39, 0.29) is 5.92 Å². The van der Waals surface area contributed by atoms with Gasteiger partial charge in [0.1, 0.15) is 5.75 Å². The van der Waals surface area contributed by atoms with Gasteiger partial charge in [0.25, 0.3) is 0 Å². The van der Waals surface area contributed by atoms with Crippen molar-refractivity contribution in [2.75, 3.05) is 6.61 Å². The van der Waals surface area contributed by atoms with Gasteiger partial charge < -0.3 is 4.74 Å². The fraction of sp³-hybridized carbons (Fsp3) is 0.467. The van der Waals surface area contributed by atoms with Gasteiger partial charge in [-0.05, 0) is 56.0 Å². The molecule has 0 saturated carbocycles. The minimum Gasteiger partial charge on any atom is -0.494 e. The van der Waals surface area contributed by atoms with Crippen LogP contribution in [-0.4, -0.2) is 6.61 Å². The van der Waals surface area contributed by atoms with Crippen molar-refractivity contribution in [3.05, 3.63) is 28.8 Å². The zero-order valence-corrected chi connectivity index (χ0v) is 10.6. The summed E-state index contributed by atoms with van der Waals surface area (Å²) in [6.45, 7) is 9.02. The molecule has 16 heavy (non-hydrogen) atoms. The van der Waals surface area contributed by atoms with Gasteiger partial charge in [-0.3, -0.25) is 0 Å². The first-order valence-corrected chi connectivity index (χ1v) is 5.77. The number of aryl methyl sites for hydroxylation is 2. The van der Waals surface area contributed by atoms with E-state index in [1.165, 1.54) is 16.7 Å². The molecule has 0 aliphatic rings. The van der Waals surface area contributed by atoms with E-state index in [0.717, 1.165) is 12.2 Å². The Morgan fingerprint density at radius 1 is 1.31 bits per heavy atom. The van der Waals surface area contributed by atoms with Crippen LogP contribution in [0, 0.1) is 32.1 Å². The Balaban J connectivity index is 2.99. The topological polar surface area (TPSA) is 9.23 Å². The molecule has 0 heterocycles. The molecule has 0 fully saturated rings. The van der Waals surface area contributed by atoms with Crippen molar-refractivity contribution in [3.8, 4) is 18.1 Å². The Morgan fingerprint density at radius 3 is 2.31 bits per heavy atom. The second kappa shape index (κ2) is 5.61. The van der Waals surface area contributed by atoms with E-state index in [1.807, 2.05) is 6.92 Å². The first kappa shape index (κ1) is 12.6. The summed E-state index contributed by atoms with van der Waals surface area (Å²) in [6, 6.07) is 4.18. The van der Waals surface area contributed by atoms with Gasteiger partial charge >= 0.3 is 0 Å². The van der Waals surface area contributed by atoms with Crippen LogP contribution in [0.15, 0.2) is 12.1 Å². The normalized spacial score (nSPS) is 11.9. The quantitative estimate of drug-likeness (QED) is 0.700. The van der Waals surface area contributed by atoms with Crippen LogP contribution >= 0.6 is 0 Å². The fourth-order valence-electron chi connectivity index (χ4n) is 1.89. The third-order valence-corrected chi connectivity index (χ3v) is 2.78. The lowest BCUT2D eigenvalue weighted by Gasteiger charge is -2.14. The highest BCUT2D eigenvalue weighted by Gasteiger charge is 2.08. The minimum absolute atomic E-state index is 0.287. The number of hydrogen-bond donors (Lipinski definition) is 0. The predicted molar refractivity (Wildman–Crippen MR) is 68.8 cm³/mol. The summed E-state index contributed by atoms with van der Waals surface area (Å²) < 4.78 is 5.51. The van der Waals surface area contributed by atoms with Crippen LogP contribution in [0.2, 0.25) is 0 Å². The molecule has 86 valence electrons. The van der Waals surface area contributed by atoms with E-state index >= 15 is 0 Å². The second-order valence-corrected chi connectivity index (χ2v) is 4.24. The number of benzene rings is 1. The Morgan fingerprint density at radius 2 is 1.88 bits per heavy atom. The maximum Gasteiger partial charge on any atom is 0.119 e. The predicted octanol–water partition coefficient (Wildman–Crippen LogP) is 3.51. The van der Waals surface area contributed by atoms with Gasteiger partial charge in [0, 0.05) is 5.92 Å².